The lowest BCUT2D eigenvalue weighted by atomic mass is 10.0. The third-order valence-electron chi connectivity index (χ3n) is 7.25. The maximum absolute atomic E-state index is 5.56. The Bertz CT molecular complexity index is 1030. The number of piperidine rings is 1. The molecule has 3 heteroatoms. The van der Waals surface area contributed by atoms with E-state index in [1.165, 1.54) is 87.0 Å². The minimum atomic E-state index is 0.190. The number of rotatable bonds is 13. The number of nitrogens with zero attached hydrogens (tertiary/aromatic N) is 1. The molecule has 0 bridgehead atoms. The fourth-order valence-corrected chi connectivity index (χ4v) is 5.02. The molecule has 0 saturated carbocycles. The monoisotopic (exact) mass is 507 g/mol. The van der Waals surface area contributed by atoms with E-state index in [0.717, 1.165) is 47.9 Å². The van der Waals surface area contributed by atoms with Gasteiger partial charge in [0, 0.05) is 32.9 Å². The summed E-state index contributed by atoms with van der Waals surface area (Å²) in [5, 5.41) is 8.00. The lowest BCUT2D eigenvalue weighted by Gasteiger charge is -2.29. The first-order valence-corrected chi connectivity index (χ1v) is 15.1. The minimum Gasteiger partial charge on any atom is -0.362 e. The summed E-state index contributed by atoms with van der Waals surface area (Å²) in [5.41, 5.74) is 9.01. The van der Waals surface area contributed by atoms with E-state index in [0.29, 0.717) is 0 Å². The topological polar surface area (TPSA) is 43.0 Å². The SMILES string of the molecule is C=C1CCC(n2c(=C)c3cccc(CCCCCCCCCCCN)c3c2=C)C(=C)N1.CC.CCCC. The third-order valence-corrected chi connectivity index (χ3v) is 7.25. The maximum Gasteiger partial charge on any atom is 0.0738 e. The van der Waals surface area contributed by atoms with Crippen LogP contribution >= 0.6 is 0 Å². The zero-order valence-electron chi connectivity index (χ0n) is 24.8. The zero-order chi connectivity index (χ0) is 27.6. The number of aryl methyl sites for hydroxylation is 1. The molecule has 1 aromatic heterocycles. The first-order chi connectivity index (χ1) is 18.0. The van der Waals surface area contributed by atoms with Crippen LogP contribution in [-0.2, 0) is 6.42 Å². The molecule has 3 rings (SSSR count). The van der Waals surface area contributed by atoms with Gasteiger partial charge in [-0.05, 0) is 44.2 Å². The van der Waals surface area contributed by atoms with Crippen molar-refractivity contribution in [2.24, 2.45) is 5.73 Å². The molecule has 2 heterocycles. The second kappa shape index (κ2) is 18.9. The molecule has 0 radical (unpaired) electrons. The van der Waals surface area contributed by atoms with Gasteiger partial charge >= 0.3 is 0 Å². The molecule has 1 unspecified atom stereocenters. The summed E-state index contributed by atoms with van der Waals surface area (Å²) in [6.45, 7) is 26.4. The highest BCUT2D eigenvalue weighted by Crippen LogP contribution is 2.27. The number of benzene rings is 1. The van der Waals surface area contributed by atoms with Crippen LogP contribution in [0.25, 0.3) is 23.9 Å². The van der Waals surface area contributed by atoms with E-state index in [1.54, 1.807) is 0 Å². The van der Waals surface area contributed by atoms with Gasteiger partial charge in [0.2, 0.25) is 0 Å². The second-order valence-corrected chi connectivity index (χ2v) is 10.1. The largest absolute Gasteiger partial charge is 0.362 e. The summed E-state index contributed by atoms with van der Waals surface area (Å²) in [7, 11) is 0. The van der Waals surface area contributed by atoms with Crippen LogP contribution in [0.2, 0.25) is 0 Å². The quantitative estimate of drug-likeness (QED) is 0.268. The van der Waals surface area contributed by atoms with Crippen molar-refractivity contribution in [1.82, 2.24) is 9.88 Å². The first kappa shape index (κ1) is 32.8. The lowest BCUT2D eigenvalue weighted by Crippen LogP contribution is -2.36. The van der Waals surface area contributed by atoms with E-state index in [2.05, 4.69) is 68.2 Å². The highest BCUT2D eigenvalue weighted by atomic mass is 15.1. The number of unbranched alkanes of at least 4 members (excludes halogenated alkanes) is 9. The summed E-state index contributed by atoms with van der Waals surface area (Å²) < 4.78 is 2.29. The van der Waals surface area contributed by atoms with Crippen LogP contribution in [0.1, 0.15) is 123 Å². The molecule has 0 spiro atoms. The number of hydrogen-bond acceptors (Lipinski definition) is 2. The minimum absolute atomic E-state index is 0.190. The van der Waals surface area contributed by atoms with Crippen molar-refractivity contribution >= 4 is 23.9 Å². The van der Waals surface area contributed by atoms with E-state index in [1.807, 2.05) is 13.8 Å². The smallest absolute Gasteiger partial charge is 0.0738 e. The molecule has 1 saturated heterocycles. The van der Waals surface area contributed by atoms with Crippen molar-refractivity contribution in [3.63, 3.8) is 0 Å². The molecule has 1 aromatic carbocycles. The van der Waals surface area contributed by atoms with Gasteiger partial charge in [-0.2, -0.15) is 0 Å². The Balaban J connectivity index is 0.00000104. The number of fused-ring (bicyclic) bond motifs is 1. The Kier molecular flexibility index (Phi) is 16.7. The molecule has 1 fully saturated rings. The number of hydrogen-bond donors (Lipinski definition) is 2. The summed E-state index contributed by atoms with van der Waals surface area (Å²) in [6, 6.07) is 6.83. The Labute approximate surface area is 228 Å². The average molecular weight is 508 g/mol. The Hall–Kier alpha value is -2.26. The van der Waals surface area contributed by atoms with E-state index >= 15 is 0 Å². The lowest BCUT2D eigenvalue weighted by molar-refractivity contribution is 0.458. The number of nitrogens with one attached hydrogen (secondary N) is 1. The van der Waals surface area contributed by atoms with Gasteiger partial charge in [-0.25, -0.2) is 0 Å². The fourth-order valence-electron chi connectivity index (χ4n) is 5.02. The standard InChI is InChI=1S/C28H41N3.C4H10.C2H6/c1-21-18-19-27(22(2)30-21)31-23(3)26-17-14-16-25(28(26)24(31)4)15-12-10-8-6-5-7-9-11-13-20-29;1-3-4-2;1-2/h14,16-17,27,30H,1-13,15,18-20,29H2;3-4H2,1-2H3;1-2H3. The number of allylic oxidation sites excluding steroid dienone is 2. The molecule has 1 aliphatic heterocycles. The number of nitrogens with two attached hydrogens (primary N) is 1. The molecule has 3 N–H and O–H groups in total. The van der Waals surface area contributed by atoms with Gasteiger partial charge in [-0.1, -0.05) is 130 Å². The van der Waals surface area contributed by atoms with Crippen LogP contribution in [0.5, 0.6) is 0 Å². The van der Waals surface area contributed by atoms with Crippen molar-refractivity contribution in [1.29, 1.82) is 0 Å². The molecule has 0 aliphatic carbocycles. The van der Waals surface area contributed by atoms with Crippen molar-refractivity contribution < 1.29 is 0 Å². The van der Waals surface area contributed by atoms with Crippen LogP contribution in [0, 0.1) is 0 Å². The molecule has 1 aliphatic rings. The molecule has 3 nitrogen and oxygen atoms in total. The number of aromatic nitrogens is 1. The van der Waals surface area contributed by atoms with E-state index in [-0.39, 0.29) is 6.04 Å². The summed E-state index contributed by atoms with van der Waals surface area (Å²) in [4.78, 5) is 0. The first-order valence-electron chi connectivity index (χ1n) is 15.1. The van der Waals surface area contributed by atoms with Gasteiger partial charge in [0.15, 0.2) is 0 Å². The fraction of sp³-hybridized carbons (Fsp3) is 0.588. The third kappa shape index (κ3) is 10.2. The molecule has 0 amide bonds. The summed E-state index contributed by atoms with van der Waals surface area (Å²) >= 11 is 0. The van der Waals surface area contributed by atoms with Crippen LogP contribution < -0.4 is 21.7 Å². The Morgan fingerprint density at radius 1 is 0.838 bits per heavy atom. The molecular weight excluding hydrogens is 450 g/mol. The second-order valence-electron chi connectivity index (χ2n) is 10.1. The highest BCUT2D eigenvalue weighted by molar-refractivity contribution is 5.87. The average Bonchev–Trinajstić information content (AvgIpc) is 3.17. The normalized spacial score (nSPS) is 15.0. The molecule has 2 aromatic rings. The molecule has 37 heavy (non-hydrogen) atoms. The van der Waals surface area contributed by atoms with Gasteiger partial charge in [0.25, 0.3) is 0 Å². The predicted octanol–water partition coefficient (Wildman–Crippen LogP) is 8.26. The molecular formula is C34H57N3. The molecule has 208 valence electrons. The van der Waals surface area contributed by atoms with E-state index < -0.39 is 0 Å². The Morgan fingerprint density at radius 3 is 1.95 bits per heavy atom. The van der Waals surface area contributed by atoms with Crippen molar-refractivity contribution in [2.75, 3.05) is 6.54 Å². The van der Waals surface area contributed by atoms with Crippen LogP contribution in [0.15, 0.2) is 42.8 Å². The van der Waals surface area contributed by atoms with Gasteiger partial charge in [0.05, 0.1) is 6.04 Å². The van der Waals surface area contributed by atoms with Crippen molar-refractivity contribution in [3.05, 3.63) is 59.0 Å². The summed E-state index contributed by atoms with van der Waals surface area (Å²) in [6.07, 6.45) is 17.5. The van der Waals surface area contributed by atoms with E-state index in [9.17, 15) is 0 Å². The van der Waals surface area contributed by atoms with Crippen LogP contribution in [-0.4, -0.2) is 11.1 Å². The van der Waals surface area contributed by atoms with Gasteiger partial charge in [0.1, 0.15) is 0 Å². The van der Waals surface area contributed by atoms with Crippen LogP contribution in [0.4, 0.5) is 0 Å². The van der Waals surface area contributed by atoms with Crippen LogP contribution in [0.3, 0.4) is 0 Å². The Morgan fingerprint density at radius 2 is 1.41 bits per heavy atom. The van der Waals surface area contributed by atoms with E-state index in [4.69, 9.17) is 5.73 Å². The van der Waals surface area contributed by atoms with Gasteiger partial charge < -0.3 is 15.6 Å². The predicted molar refractivity (Wildman–Crippen MR) is 168 cm³/mol. The summed E-state index contributed by atoms with van der Waals surface area (Å²) in [5.74, 6) is 0. The van der Waals surface area contributed by atoms with Crippen molar-refractivity contribution in [3.8, 4) is 0 Å². The zero-order valence-corrected chi connectivity index (χ0v) is 24.8. The maximum atomic E-state index is 5.56. The van der Waals surface area contributed by atoms with Gasteiger partial charge in [-0.15, -0.1) is 0 Å². The molecule has 1 atom stereocenters. The highest BCUT2D eigenvalue weighted by Gasteiger charge is 2.23. The van der Waals surface area contributed by atoms with Crippen molar-refractivity contribution in [2.45, 2.75) is 124 Å². The van der Waals surface area contributed by atoms with Gasteiger partial charge in [-0.3, -0.25) is 0 Å².